The molecule has 0 spiro atoms. The highest BCUT2D eigenvalue weighted by atomic mass is 19.3. The molecule has 0 bridgehead atoms. The summed E-state index contributed by atoms with van der Waals surface area (Å²) in [6.45, 7) is -0.0821. The number of alkyl halides is 2. The molecule has 0 unspecified atom stereocenters. The maximum absolute atomic E-state index is 12.4. The van der Waals surface area contributed by atoms with Crippen LogP contribution in [0.3, 0.4) is 0 Å². The standard InChI is InChI=1S/C11H10F2O/c1-2-11(12,13)14-9-8-10-6-4-3-5-7-10/h1,3-7H,8-9H2. The van der Waals surface area contributed by atoms with Crippen LogP contribution in [-0.2, 0) is 11.2 Å². The van der Waals surface area contributed by atoms with E-state index in [9.17, 15) is 8.78 Å². The summed E-state index contributed by atoms with van der Waals surface area (Å²) in [6.07, 6.45) is 1.54. The predicted molar refractivity (Wildman–Crippen MR) is 49.9 cm³/mol. The second kappa shape index (κ2) is 4.73. The highest BCUT2D eigenvalue weighted by Gasteiger charge is 2.25. The van der Waals surface area contributed by atoms with Crippen LogP contribution in [0, 0.1) is 12.3 Å². The third-order valence-electron chi connectivity index (χ3n) is 1.68. The van der Waals surface area contributed by atoms with Gasteiger partial charge in [-0.1, -0.05) is 30.3 Å². The van der Waals surface area contributed by atoms with Crippen molar-refractivity contribution >= 4 is 0 Å². The molecule has 0 radical (unpaired) electrons. The van der Waals surface area contributed by atoms with Gasteiger partial charge < -0.3 is 4.74 Å². The molecule has 0 N–H and O–H groups in total. The first-order valence-corrected chi connectivity index (χ1v) is 4.17. The number of ether oxygens (including phenoxy) is 1. The molecule has 14 heavy (non-hydrogen) atoms. The van der Waals surface area contributed by atoms with E-state index < -0.39 is 6.11 Å². The number of hydrogen-bond donors (Lipinski definition) is 0. The molecule has 0 fully saturated rings. The molecule has 0 heterocycles. The van der Waals surface area contributed by atoms with Crippen LogP contribution >= 0.6 is 0 Å². The Morgan fingerprint density at radius 3 is 2.50 bits per heavy atom. The Bertz CT molecular complexity index is 314. The van der Waals surface area contributed by atoms with Crippen LogP contribution in [0.2, 0.25) is 0 Å². The number of rotatable bonds is 4. The van der Waals surface area contributed by atoms with Crippen molar-refractivity contribution in [3.8, 4) is 12.3 Å². The smallest absolute Gasteiger partial charge is 0.309 e. The molecule has 0 aliphatic carbocycles. The molecule has 1 nitrogen and oxygen atoms in total. The summed E-state index contributed by atoms with van der Waals surface area (Å²) in [5.74, 6) is 1.27. The van der Waals surface area contributed by atoms with Gasteiger partial charge in [0.05, 0.1) is 6.61 Å². The Labute approximate surface area is 81.7 Å². The van der Waals surface area contributed by atoms with Crippen molar-refractivity contribution in [3.05, 3.63) is 35.9 Å². The summed E-state index contributed by atoms with van der Waals surface area (Å²) in [6, 6.07) is 9.23. The van der Waals surface area contributed by atoms with Crippen molar-refractivity contribution in [1.29, 1.82) is 0 Å². The van der Waals surface area contributed by atoms with Crippen molar-refractivity contribution in [1.82, 2.24) is 0 Å². The van der Waals surface area contributed by atoms with Gasteiger partial charge in [0.25, 0.3) is 0 Å². The Hall–Kier alpha value is -1.40. The van der Waals surface area contributed by atoms with E-state index >= 15 is 0 Å². The van der Waals surface area contributed by atoms with Gasteiger partial charge in [0.1, 0.15) is 0 Å². The molecular formula is C11H10F2O. The molecule has 0 saturated carbocycles. The van der Waals surface area contributed by atoms with Gasteiger partial charge in [-0.3, -0.25) is 0 Å². The SMILES string of the molecule is C#CC(F)(F)OCCc1ccccc1. The summed E-state index contributed by atoms with van der Waals surface area (Å²) in [5.41, 5.74) is 0.945. The van der Waals surface area contributed by atoms with E-state index in [1.807, 2.05) is 30.3 Å². The van der Waals surface area contributed by atoms with Crippen molar-refractivity contribution in [2.45, 2.75) is 12.5 Å². The van der Waals surface area contributed by atoms with E-state index in [0.717, 1.165) is 5.56 Å². The second-order valence-electron chi connectivity index (χ2n) is 2.75. The minimum atomic E-state index is -3.45. The minimum absolute atomic E-state index is 0.0821. The van der Waals surface area contributed by atoms with Gasteiger partial charge >= 0.3 is 6.11 Å². The average molecular weight is 196 g/mol. The summed E-state index contributed by atoms with van der Waals surface area (Å²) in [5, 5.41) is 0. The maximum atomic E-state index is 12.4. The molecule has 1 aromatic rings. The molecule has 0 atom stereocenters. The zero-order chi connectivity index (χ0) is 10.4. The van der Waals surface area contributed by atoms with E-state index in [1.54, 1.807) is 0 Å². The lowest BCUT2D eigenvalue weighted by molar-refractivity contribution is -0.191. The maximum Gasteiger partial charge on any atom is 0.423 e. The molecule has 0 aliphatic heterocycles. The van der Waals surface area contributed by atoms with Gasteiger partial charge in [0.2, 0.25) is 0 Å². The topological polar surface area (TPSA) is 9.23 Å². The second-order valence-corrected chi connectivity index (χ2v) is 2.75. The molecule has 0 amide bonds. The van der Waals surface area contributed by atoms with Gasteiger partial charge in [-0.15, -0.1) is 6.42 Å². The number of terminal acetylenes is 1. The van der Waals surface area contributed by atoms with E-state index in [2.05, 4.69) is 11.2 Å². The molecular weight excluding hydrogens is 186 g/mol. The molecule has 0 aliphatic rings. The van der Waals surface area contributed by atoms with E-state index in [-0.39, 0.29) is 6.61 Å². The normalized spacial score (nSPS) is 10.9. The first-order valence-electron chi connectivity index (χ1n) is 4.17. The van der Waals surface area contributed by atoms with Crippen LogP contribution in [0.1, 0.15) is 5.56 Å². The zero-order valence-electron chi connectivity index (χ0n) is 7.54. The zero-order valence-corrected chi connectivity index (χ0v) is 7.54. The molecule has 0 aromatic heterocycles. The van der Waals surface area contributed by atoms with Gasteiger partial charge in [0.15, 0.2) is 0 Å². The van der Waals surface area contributed by atoms with E-state index in [0.29, 0.717) is 6.42 Å². The Morgan fingerprint density at radius 1 is 1.29 bits per heavy atom. The Balaban J connectivity index is 2.34. The van der Waals surface area contributed by atoms with Crippen molar-refractivity contribution < 1.29 is 13.5 Å². The van der Waals surface area contributed by atoms with Crippen LogP contribution in [-0.4, -0.2) is 12.7 Å². The molecule has 1 rings (SSSR count). The lowest BCUT2D eigenvalue weighted by Gasteiger charge is -2.09. The van der Waals surface area contributed by atoms with Crippen molar-refractivity contribution in [2.75, 3.05) is 6.61 Å². The van der Waals surface area contributed by atoms with Gasteiger partial charge in [-0.2, -0.15) is 8.78 Å². The third-order valence-corrected chi connectivity index (χ3v) is 1.68. The summed E-state index contributed by atoms with van der Waals surface area (Å²) < 4.78 is 29.0. The highest BCUT2D eigenvalue weighted by Crippen LogP contribution is 2.13. The molecule has 74 valence electrons. The Morgan fingerprint density at radius 2 is 1.93 bits per heavy atom. The number of benzene rings is 1. The minimum Gasteiger partial charge on any atom is -0.309 e. The highest BCUT2D eigenvalue weighted by molar-refractivity contribution is 5.14. The third kappa shape index (κ3) is 3.55. The fourth-order valence-corrected chi connectivity index (χ4v) is 0.983. The molecule has 3 heteroatoms. The summed E-state index contributed by atoms with van der Waals surface area (Å²) in [4.78, 5) is 0. The fourth-order valence-electron chi connectivity index (χ4n) is 0.983. The Kier molecular flexibility index (Phi) is 3.61. The van der Waals surface area contributed by atoms with Crippen LogP contribution in [0.25, 0.3) is 0 Å². The van der Waals surface area contributed by atoms with Crippen LogP contribution < -0.4 is 0 Å². The van der Waals surface area contributed by atoms with Crippen LogP contribution in [0.15, 0.2) is 30.3 Å². The van der Waals surface area contributed by atoms with Crippen LogP contribution in [0.5, 0.6) is 0 Å². The first-order chi connectivity index (χ1) is 6.64. The van der Waals surface area contributed by atoms with Crippen LogP contribution in [0.4, 0.5) is 8.78 Å². The van der Waals surface area contributed by atoms with Gasteiger partial charge in [-0.25, -0.2) is 0 Å². The molecule has 1 aromatic carbocycles. The predicted octanol–water partition coefficient (Wildman–Crippen LogP) is 2.47. The monoisotopic (exact) mass is 196 g/mol. The first kappa shape index (κ1) is 10.7. The molecule has 0 saturated heterocycles. The lowest BCUT2D eigenvalue weighted by Crippen LogP contribution is -2.19. The average Bonchev–Trinajstić information content (AvgIpc) is 2.19. The van der Waals surface area contributed by atoms with Gasteiger partial charge in [0, 0.05) is 5.92 Å². The fraction of sp³-hybridized carbons (Fsp3) is 0.273. The number of halogens is 2. The number of hydrogen-bond acceptors (Lipinski definition) is 1. The van der Waals surface area contributed by atoms with E-state index in [4.69, 9.17) is 0 Å². The van der Waals surface area contributed by atoms with Crippen molar-refractivity contribution in [3.63, 3.8) is 0 Å². The summed E-state index contributed by atoms with van der Waals surface area (Å²) >= 11 is 0. The van der Waals surface area contributed by atoms with E-state index in [1.165, 1.54) is 5.92 Å². The van der Waals surface area contributed by atoms with Crippen molar-refractivity contribution in [2.24, 2.45) is 0 Å². The summed E-state index contributed by atoms with van der Waals surface area (Å²) in [7, 11) is 0. The van der Waals surface area contributed by atoms with Gasteiger partial charge in [-0.05, 0) is 12.0 Å². The quantitative estimate of drug-likeness (QED) is 0.672. The largest absolute Gasteiger partial charge is 0.423 e. The lowest BCUT2D eigenvalue weighted by atomic mass is 10.2.